The van der Waals surface area contributed by atoms with Crippen molar-refractivity contribution in [1.82, 2.24) is 0 Å². The van der Waals surface area contributed by atoms with Gasteiger partial charge < -0.3 is 0 Å². The van der Waals surface area contributed by atoms with Crippen molar-refractivity contribution in [2.24, 2.45) is 90.7 Å². The molecule has 10 aliphatic rings. The molecule has 0 aliphatic heterocycles. The van der Waals surface area contributed by atoms with Crippen molar-refractivity contribution < 1.29 is 0 Å². The Labute approximate surface area is 857 Å². The van der Waals surface area contributed by atoms with Crippen LogP contribution in [0.15, 0.2) is 207 Å². The average Bonchev–Trinajstić information content (AvgIpc) is 1.58. The lowest BCUT2D eigenvalue weighted by atomic mass is 9.82. The fraction of sp³-hybridized carbons (Fsp3) is 0.558. The summed E-state index contributed by atoms with van der Waals surface area (Å²) >= 11 is -1.94. The molecule has 9 unspecified atom stereocenters. The van der Waals surface area contributed by atoms with E-state index in [1.165, 1.54) is 64.7 Å². The summed E-state index contributed by atoms with van der Waals surface area (Å²) in [6, 6.07) is 12.0. The first-order valence-electron chi connectivity index (χ1n) is 51.2. The zero-order chi connectivity index (χ0) is 97.9. The van der Waals surface area contributed by atoms with Crippen molar-refractivity contribution in [3.8, 4) is 0 Å². The van der Waals surface area contributed by atoms with E-state index in [0.29, 0.717) is 62.2 Å². The molecule has 9 atom stereocenters. The first kappa shape index (κ1) is 113. The van der Waals surface area contributed by atoms with Crippen LogP contribution in [0.1, 0.15) is 296 Å². The molecular formula is C120H178Mg5Si5. The van der Waals surface area contributed by atoms with E-state index >= 15 is 0 Å². The van der Waals surface area contributed by atoms with Gasteiger partial charge in [0.15, 0.2) is 0 Å². The van der Waals surface area contributed by atoms with Crippen molar-refractivity contribution in [3.63, 3.8) is 0 Å². The fourth-order valence-electron chi connectivity index (χ4n) is 20.5. The van der Waals surface area contributed by atoms with E-state index in [9.17, 15) is 0 Å². The Morgan fingerprint density at radius 2 is 0.692 bits per heavy atom. The molecule has 0 nitrogen and oxygen atoms in total. The predicted octanol–water partition coefficient (Wildman–Crippen LogP) is 32.0. The molecule has 10 heteroatoms. The van der Waals surface area contributed by atoms with Crippen molar-refractivity contribution in [2.75, 3.05) is 0 Å². The maximum Gasteiger partial charge on any atom is 0.439 e. The van der Waals surface area contributed by atoms with Gasteiger partial charge in [-0.05, 0) is 276 Å². The molecule has 688 valence electrons. The smallest absolute Gasteiger partial charge is 0.179 e. The molecule has 0 saturated heterocycles. The molecule has 12 rings (SSSR count). The summed E-state index contributed by atoms with van der Waals surface area (Å²) in [7, 11) is -1.81. The molecule has 2 aromatic rings. The third kappa shape index (κ3) is 29.1. The minimum absolute atomic E-state index is 0.256. The second-order valence-electron chi connectivity index (χ2n) is 49.7. The number of aryl methyl sites for hydroxylation is 4. The average molecular weight is 1880 g/mol. The Bertz CT molecular complexity index is 5380. The largest absolute Gasteiger partial charge is 0.439 e. The van der Waals surface area contributed by atoms with Crippen LogP contribution in [0.4, 0.5) is 0 Å². The molecule has 10 aliphatic carbocycles. The summed E-state index contributed by atoms with van der Waals surface area (Å²) < 4.78 is 16.4. The summed E-state index contributed by atoms with van der Waals surface area (Å²) in [6.45, 7) is 107. The Morgan fingerprint density at radius 1 is 0.362 bits per heavy atom. The van der Waals surface area contributed by atoms with E-state index in [2.05, 4.69) is 453 Å². The Balaban J connectivity index is 0.000000201. The number of hydrogen-bond acceptors (Lipinski definition) is 0. The summed E-state index contributed by atoms with van der Waals surface area (Å²) in [4.78, 5) is 0. The fourth-order valence-corrected chi connectivity index (χ4v) is 39.3. The molecule has 0 radical (unpaired) electrons. The number of rotatable bonds is 21. The second kappa shape index (κ2) is 46.2. The van der Waals surface area contributed by atoms with Gasteiger partial charge in [0.1, 0.15) is 0 Å². The minimum Gasteiger partial charge on any atom is -0.179 e. The highest BCUT2D eigenvalue weighted by molar-refractivity contribution is 6.80. The van der Waals surface area contributed by atoms with Crippen LogP contribution in [0.3, 0.4) is 0 Å². The lowest BCUT2D eigenvalue weighted by Crippen LogP contribution is -2.21. The van der Waals surface area contributed by atoms with Crippen molar-refractivity contribution in [3.05, 3.63) is 251 Å². The highest BCUT2D eigenvalue weighted by atomic mass is 28.2. The number of benzene rings is 2. The van der Waals surface area contributed by atoms with Crippen LogP contribution >= 0.6 is 0 Å². The Morgan fingerprint density at radius 3 is 1.08 bits per heavy atom. The molecule has 0 heterocycles. The maximum absolute atomic E-state index is 2.75. The van der Waals surface area contributed by atoms with Crippen molar-refractivity contribution >= 4 is 181 Å². The topological polar surface area (TPSA) is 0 Å². The number of hydrogen-bond donors (Lipinski definition) is 0. The van der Waals surface area contributed by atoms with Crippen LogP contribution in [0, 0.1) is 118 Å². The van der Waals surface area contributed by atoms with Crippen LogP contribution in [0.25, 0.3) is 9.78 Å². The maximum atomic E-state index is 2.75. The number of allylic oxidation sites excluding steroid dienone is 34. The minimum atomic E-state index is -0.498. The van der Waals surface area contributed by atoms with E-state index in [4.69, 9.17) is 0 Å². The SMILES string of the molecule is CC1=Cc2c(C)ccc(C)c2[CH]1[Mg][C]1=C(C)C(=[Si](C)C)c2c(C)ccc(C)c21.CC1C=C(C(C)(C)C)C=[C]1[Mg][C]1=CC(C(C)(C)C)=CC1C=[Si](C)C.CCC(C)(C)C1=CC(C)[C]([Mg][C]2=CC(C(C)(C)CC)=CC2C=[Si](C)C)=C1.CCC1C=C(C(C)(C)C)C=[C]1[Mg][C]1=CC(C(C)(C)C)=CC1C(C)=[Si](C)C.CC[Si](=CC1C=C(C(C)(C)C)C=[C]1[Mg][C]1=CC(C(C)(C)C)=CC1C)CC. The van der Waals surface area contributed by atoms with Crippen LogP contribution in [0.2, 0.25) is 64.5 Å². The van der Waals surface area contributed by atoms with Crippen LogP contribution in [-0.2, 0) is 0 Å². The van der Waals surface area contributed by atoms with E-state index in [1.807, 2.05) is 0 Å². The lowest BCUT2D eigenvalue weighted by molar-refractivity contribution is 0.439. The van der Waals surface area contributed by atoms with Gasteiger partial charge in [-0.15, -0.1) is 0 Å². The molecule has 130 heavy (non-hydrogen) atoms. The normalized spacial score (nSPS) is 22.1. The molecule has 0 N–H and O–H groups in total. The molecule has 0 spiro atoms. The highest BCUT2D eigenvalue weighted by Gasteiger charge is 2.39. The summed E-state index contributed by atoms with van der Waals surface area (Å²) in [5, 5.41) is 3.44. The van der Waals surface area contributed by atoms with Gasteiger partial charge in [-0.3, -0.25) is 0 Å². The van der Waals surface area contributed by atoms with Crippen molar-refractivity contribution in [2.45, 2.75) is 344 Å². The zero-order valence-electron chi connectivity index (χ0n) is 92.1. The van der Waals surface area contributed by atoms with Crippen molar-refractivity contribution in [1.29, 1.82) is 0 Å². The van der Waals surface area contributed by atoms with Crippen LogP contribution in [-0.4, -0.2) is 171 Å². The predicted molar refractivity (Wildman–Crippen MR) is 609 cm³/mol. The molecule has 0 bridgehead atoms. The first-order chi connectivity index (χ1) is 59.9. The highest BCUT2D eigenvalue weighted by Crippen LogP contribution is 2.49. The molecule has 0 aromatic heterocycles. The summed E-state index contributed by atoms with van der Waals surface area (Å²) in [5.74, 6) is 5.07. The quantitative estimate of drug-likeness (QED) is 0.109. The molecule has 0 fully saturated rings. The molecule has 0 amide bonds. The monoisotopic (exact) mass is 1880 g/mol. The van der Waals surface area contributed by atoms with Gasteiger partial charge in [-0.1, -0.05) is 431 Å². The van der Waals surface area contributed by atoms with Gasteiger partial charge in [-0.25, -0.2) is 0 Å². The second-order valence-corrected chi connectivity index (χ2v) is 72.9. The third-order valence-electron chi connectivity index (χ3n) is 30.8. The van der Waals surface area contributed by atoms with Gasteiger partial charge in [0.25, 0.3) is 0 Å². The zero-order valence-corrected chi connectivity index (χ0v) is 104. The van der Waals surface area contributed by atoms with E-state index in [1.54, 1.807) is 111 Å². The van der Waals surface area contributed by atoms with Gasteiger partial charge in [0.2, 0.25) is 0 Å². The third-order valence-corrected chi connectivity index (χ3v) is 51.0. The van der Waals surface area contributed by atoms with Gasteiger partial charge in [-0.2, -0.15) is 33.3 Å². The van der Waals surface area contributed by atoms with Crippen LogP contribution < -0.4 is 0 Å². The van der Waals surface area contributed by atoms with Gasteiger partial charge in [0.05, 0.1) is 0 Å². The standard InChI is InChI=1S/C14H17Si.C14H23Si.2C13H21Si.C12H19Si.C12H13.2C11H17.2C10H15.5Mg/c1-9-6-7-10(2)13-12(9)8-11(3)14(13)15(4)5;1-6-15(7-2)11-12-8-9-13(10-12)14(3,4)5;1-10(14(5)6)11-7-8-12(9-11)13(2,3)4;1-6-13(2,3)12-8-7-11(9-12)10-14(4)5;1-12(2,3)11-7-6-10(8-11)9-13(4)5;1-8-6-11-9(2)4-5-10(3)12(11)7-8;1-5-9-6-7-10(8-9)11(2,3)4;1-5-11(3,4)10-7-6-9(2)8-10;2*1-8-5-6-9(7-8)10(2,3)4;;;;;/h6-7H,1-5H3;9-12H,6-7H2,1-5H3;8-9,11H,1-6H3;8-11H,6H2,1-5H3;7-10H,1-5H3;4-7H,1-3H3;2*7-9H,5H2,1-4H3;2*6-8H,1-4H3;;;;;. The molecule has 0 saturated carbocycles. The lowest BCUT2D eigenvalue weighted by Gasteiger charge is -2.23. The molecular weight excluding hydrogens is 1700 g/mol. The first-order valence-corrected chi connectivity index (χ1v) is 70.5. The number of fused-ring (bicyclic) bond motifs is 2. The Hall–Kier alpha value is -1.97. The van der Waals surface area contributed by atoms with E-state index < -0.39 is 28.8 Å². The molecule has 2 aromatic carbocycles. The summed E-state index contributed by atoms with van der Waals surface area (Å²) in [5.41, 5.74) is 38.1. The van der Waals surface area contributed by atoms with Crippen LogP contribution in [0.5, 0.6) is 0 Å². The van der Waals surface area contributed by atoms with Gasteiger partial charge in [0, 0.05) is 25.2 Å². The summed E-state index contributed by atoms with van der Waals surface area (Å²) in [6.07, 6.45) is 47.2. The Kier molecular flexibility index (Phi) is 40.2. The van der Waals surface area contributed by atoms with Gasteiger partial charge >= 0.3 is 102 Å². The van der Waals surface area contributed by atoms with E-state index in [-0.39, 0.29) is 148 Å². The van der Waals surface area contributed by atoms with E-state index in [0.717, 1.165) is 0 Å².